The van der Waals surface area contributed by atoms with Gasteiger partial charge in [-0.1, -0.05) is 35.9 Å². The number of fused-ring (bicyclic) bond motifs is 2. The van der Waals surface area contributed by atoms with E-state index in [2.05, 4.69) is 56.8 Å². The second-order valence-corrected chi connectivity index (χ2v) is 13.2. The molecule has 0 spiro atoms. The number of rotatable bonds is 6. The Morgan fingerprint density at radius 3 is 2.28 bits per heavy atom. The molecule has 1 aromatic heterocycles. The average Bonchev–Trinajstić information content (AvgIpc) is 3.53. The molecule has 0 bridgehead atoms. The number of imide groups is 2. The van der Waals surface area contributed by atoms with Gasteiger partial charge in [0.05, 0.1) is 23.0 Å². The Bertz CT molecular complexity index is 1800. The summed E-state index contributed by atoms with van der Waals surface area (Å²) in [5.74, 6) is -1.66. The molecule has 3 aromatic rings. The smallest absolute Gasteiger partial charge is 0.287 e. The fourth-order valence-electron chi connectivity index (χ4n) is 7.20. The second kappa shape index (κ2) is 11.8. The van der Waals surface area contributed by atoms with E-state index in [0.717, 1.165) is 41.1 Å². The van der Waals surface area contributed by atoms with Crippen LogP contribution in [0.4, 0.5) is 5.69 Å². The van der Waals surface area contributed by atoms with E-state index < -0.39 is 29.7 Å². The first kappa shape index (κ1) is 30.3. The number of nitrogens with one attached hydrogen (secondary N) is 2. The van der Waals surface area contributed by atoms with E-state index in [1.54, 1.807) is 25.4 Å². The molecule has 13 heteroatoms. The quantitative estimate of drug-likeness (QED) is 0.388. The van der Waals surface area contributed by atoms with Gasteiger partial charge in [0.15, 0.2) is 0 Å². The maximum absolute atomic E-state index is 13.2. The van der Waals surface area contributed by atoms with Crippen molar-refractivity contribution >= 4 is 40.9 Å². The molecule has 0 aliphatic carbocycles. The number of likely N-dealkylation sites (tertiary alicyclic amines) is 1. The number of aryl methyl sites for hydroxylation is 1. The van der Waals surface area contributed by atoms with E-state index in [1.165, 1.54) is 10.2 Å². The fraction of sp³-hybridized carbons (Fsp3) is 0.394. The maximum Gasteiger partial charge on any atom is 0.287 e. The number of nitrogens with zero attached hydrogens (tertiary/aromatic N) is 5. The van der Waals surface area contributed by atoms with Crippen LogP contribution in [0.2, 0.25) is 5.02 Å². The lowest BCUT2D eigenvalue weighted by atomic mass is 9.87. The summed E-state index contributed by atoms with van der Waals surface area (Å²) in [7, 11) is 3.66. The molecular formula is C33H34ClN7O5. The Balaban J connectivity index is 0.991. The minimum atomic E-state index is -0.967. The van der Waals surface area contributed by atoms with Gasteiger partial charge in [0, 0.05) is 52.2 Å². The first-order valence-electron chi connectivity index (χ1n) is 15.4. The number of carbonyl (C=O) groups is 4. The molecule has 46 heavy (non-hydrogen) atoms. The molecule has 4 aliphatic heterocycles. The lowest BCUT2D eigenvalue weighted by molar-refractivity contribution is -0.136. The van der Waals surface area contributed by atoms with Crippen LogP contribution in [0.15, 0.2) is 47.4 Å². The van der Waals surface area contributed by atoms with Crippen LogP contribution in [-0.4, -0.2) is 80.3 Å². The van der Waals surface area contributed by atoms with Crippen molar-refractivity contribution in [3.63, 3.8) is 0 Å². The van der Waals surface area contributed by atoms with Gasteiger partial charge in [-0.3, -0.25) is 39.1 Å². The Labute approximate surface area is 270 Å². The predicted octanol–water partition coefficient (Wildman–Crippen LogP) is 2.25. The lowest BCUT2D eigenvalue weighted by Crippen LogP contribution is -2.54. The van der Waals surface area contributed by atoms with Crippen molar-refractivity contribution in [1.29, 1.82) is 0 Å². The zero-order valence-electron chi connectivity index (χ0n) is 25.6. The monoisotopic (exact) mass is 643 g/mol. The highest BCUT2D eigenvalue weighted by molar-refractivity contribution is 6.33. The van der Waals surface area contributed by atoms with Gasteiger partial charge in [-0.15, -0.1) is 0 Å². The molecule has 4 amide bonds. The summed E-state index contributed by atoms with van der Waals surface area (Å²) in [5.41, 5.74) is 5.26. The number of likely N-dealkylation sites (N-methyl/N-ethyl adjacent to an activating group) is 1. The third-order valence-electron chi connectivity index (χ3n) is 9.48. The van der Waals surface area contributed by atoms with Crippen molar-refractivity contribution < 1.29 is 19.2 Å². The van der Waals surface area contributed by atoms with Crippen LogP contribution >= 0.6 is 11.6 Å². The van der Waals surface area contributed by atoms with E-state index in [1.807, 2.05) is 0 Å². The summed E-state index contributed by atoms with van der Waals surface area (Å²) >= 11 is 6.30. The van der Waals surface area contributed by atoms with Crippen LogP contribution < -0.4 is 16.2 Å². The van der Waals surface area contributed by atoms with Crippen LogP contribution in [0.25, 0.3) is 0 Å². The molecule has 2 saturated heterocycles. The Morgan fingerprint density at radius 2 is 1.63 bits per heavy atom. The van der Waals surface area contributed by atoms with Crippen molar-refractivity contribution in [2.24, 2.45) is 7.05 Å². The normalized spacial score (nSPS) is 23.5. The van der Waals surface area contributed by atoms with Crippen LogP contribution in [0.3, 0.4) is 0 Å². The van der Waals surface area contributed by atoms with Gasteiger partial charge in [-0.25, -0.2) is 4.68 Å². The minimum Gasteiger partial charge on any atom is -0.378 e. The molecule has 2 fully saturated rings. The van der Waals surface area contributed by atoms with Crippen molar-refractivity contribution in [3.8, 4) is 0 Å². The largest absolute Gasteiger partial charge is 0.378 e. The van der Waals surface area contributed by atoms with Crippen LogP contribution in [0.5, 0.6) is 0 Å². The first-order chi connectivity index (χ1) is 22.0. The highest BCUT2D eigenvalue weighted by atomic mass is 35.5. The van der Waals surface area contributed by atoms with Crippen LogP contribution in [-0.2, 0) is 36.3 Å². The van der Waals surface area contributed by atoms with Crippen LogP contribution in [0.1, 0.15) is 68.2 Å². The van der Waals surface area contributed by atoms with Crippen molar-refractivity contribution in [2.45, 2.75) is 56.9 Å². The number of hydrogen-bond acceptors (Lipinski definition) is 9. The number of anilines is 1. The molecule has 7 rings (SSSR count). The molecule has 4 aliphatic rings. The molecule has 2 unspecified atom stereocenters. The number of piperidine rings is 2. The Kier molecular flexibility index (Phi) is 7.74. The van der Waals surface area contributed by atoms with Gasteiger partial charge in [-0.2, -0.15) is 5.10 Å². The van der Waals surface area contributed by atoms with E-state index >= 15 is 0 Å². The molecular weight excluding hydrogens is 610 g/mol. The molecule has 3 atom stereocenters. The number of benzene rings is 2. The summed E-state index contributed by atoms with van der Waals surface area (Å²) in [6, 6.07) is 11.4. The molecule has 2 N–H and O–H groups in total. The SMILES string of the molecule is CN1CC(Nc2cnn(C)c(=O)c2Cl)C[C@H](c2ccc(CN3Cc4cc5c(cc4C3)C(=O)N(C3CCC(=O)NC3=O)C5=O)cc2)C1. The molecule has 238 valence electrons. The molecule has 0 radical (unpaired) electrons. The van der Waals surface area contributed by atoms with Crippen molar-refractivity contribution in [1.82, 2.24) is 29.8 Å². The number of amides is 4. The number of halogens is 1. The van der Waals surface area contributed by atoms with Crippen LogP contribution in [0, 0.1) is 0 Å². The topological polar surface area (TPSA) is 137 Å². The molecule has 12 nitrogen and oxygen atoms in total. The van der Waals surface area contributed by atoms with E-state index in [4.69, 9.17) is 11.6 Å². The lowest BCUT2D eigenvalue weighted by Gasteiger charge is -2.37. The number of hydrogen-bond donors (Lipinski definition) is 2. The number of carbonyl (C=O) groups excluding carboxylic acids is 4. The Hall–Kier alpha value is -4.39. The summed E-state index contributed by atoms with van der Waals surface area (Å²) < 4.78 is 1.22. The highest BCUT2D eigenvalue weighted by Crippen LogP contribution is 2.34. The zero-order chi connectivity index (χ0) is 32.3. The highest BCUT2D eigenvalue weighted by Gasteiger charge is 2.45. The van der Waals surface area contributed by atoms with Gasteiger partial charge in [0.25, 0.3) is 17.4 Å². The van der Waals surface area contributed by atoms with Crippen molar-refractivity contribution in [3.05, 3.63) is 91.4 Å². The van der Waals surface area contributed by atoms with E-state index in [-0.39, 0.29) is 29.5 Å². The summed E-state index contributed by atoms with van der Waals surface area (Å²) in [4.78, 5) is 68.2. The van der Waals surface area contributed by atoms with E-state index in [0.29, 0.717) is 42.4 Å². The first-order valence-corrected chi connectivity index (χ1v) is 15.8. The maximum atomic E-state index is 13.2. The third kappa shape index (κ3) is 5.50. The Morgan fingerprint density at radius 1 is 0.957 bits per heavy atom. The van der Waals surface area contributed by atoms with E-state index in [9.17, 15) is 24.0 Å². The van der Waals surface area contributed by atoms with Gasteiger partial charge < -0.3 is 10.2 Å². The second-order valence-electron chi connectivity index (χ2n) is 12.8. The van der Waals surface area contributed by atoms with Gasteiger partial charge in [0.1, 0.15) is 11.1 Å². The summed E-state index contributed by atoms with van der Waals surface area (Å²) in [5, 5.41) is 9.91. The fourth-order valence-corrected chi connectivity index (χ4v) is 7.43. The molecule has 2 aromatic carbocycles. The standard InChI is InChI=1S/C33H34ClN7O5/c1-38-14-20(9-23(17-38)36-26-12-35-39(2)33(46)29(26)34)19-5-3-18(4-6-19)13-40-15-21-10-24-25(11-22(21)16-40)32(45)41(31(24)44)27-7-8-28(42)37-30(27)43/h3-6,10-12,20,23,27,36H,7-9,13-17H2,1-2H3,(H,37,42,43)/t20-,23?,27?/m0/s1. The predicted molar refractivity (Wildman–Crippen MR) is 169 cm³/mol. The zero-order valence-corrected chi connectivity index (χ0v) is 26.3. The van der Waals surface area contributed by atoms with Crippen molar-refractivity contribution in [2.75, 3.05) is 25.5 Å². The molecule has 0 saturated carbocycles. The van der Waals surface area contributed by atoms with Gasteiger partial charge in [-0.05, 0) is 60.2 Å². The number of aromatic nitrogens is 2. The van der Waals surface area contributed by atoms with Gasteiger partial charge >= 0.3 is 0 Å². The summed E-state index contributed by atoms with van der Waals surface area (Å²) in [6.07, 6.45) is 2.72. The van der Waals surface area contributed by atoms with Gasteiger partial charge in [0.2, 0.25) is 11.8 Å². The third-order valence-corrected chi connectivity index (χ3v) is 9.84. The minimum absolute atomic E-state index is 0.0938. The molecule has 5 heterocycles. The summed E-state index contributed by atoms with van der Waals surface area (Å²) in [6.45, 7) is 3.75. The average molecular weight is 644 g/mol.